The lowest BCUT2D eigenvalue weighted by Crippen LogP contribution is -2.08. The van der Waals surface area contributed by atoms with Crippen molar-refractivity contribution in [2.75, 3.05) is 11.9 Å². The molecule has 30 heavy (non-hydrogen) atoms. The zero-order chi connectivity index (χ0) is 21.4. The van der Waals surface area contributed by atoms with E-state index in [-0.39, 0.29) is 15.7 Å². The van der Waals surface area contributed by atoms with Crippen LogP contribution in [-0.4, -0.2) is 25.9 Å². The van der Waals surface area contributed by atoms with E-state index in [4.69, 9.17) is 4.74 Å². The standard InChI is InChI=1S/C23H22N2O4S/c1-2-15-29-20-6-3-7-22(16-20)30(27,28)21-11-9-19(10-12-21)25-23(26)13-8-18-5-4-14-24-17-18/h3-14,16-17H,2,15H2,1H3,(H,25,26)/b13-8+. The SMILES string of the molecule is CCCOc1cccc(S(=O)(=O)c2ccc(NC(=O)/C=C/c3cccnc3)cc2)c1. The normalized spacial score (nSPS) is 11.4. The highest BCUT2D eigenvalue weighted by Gasteiger charge is 2.18. The monoisotopic (exact) mass is 422 g/mol. The molecule has 0 saturated carbocycles. The molecule has 0 aliphatic carbocycles. The summed E-state index contributed by atoms with van der Waals surface area (Å²) in [5.74, 6) is 0.192. The number of ether oxygens (including phenoxy) is 1. The van der Waals surface area contributed by atoms with Crippen LogP contribution in [-0.2, 0) is 14.6 Å². The van der Waals surface area contributed by atoms with E-state index >= 15 is 0 Å². The molecule has 0 radical (unpaired) electrons. The van der Waals surface area contributed by atoms with Crippen molar-refractivity contribution in [3.05, 3.63) is 84.7 Å². The minimum absolute atomic E-state index is 0.138. The fraction of sp³-hybridized carbons (Fsp3) is 0.130. The minimum atomic E-state index is -3.69. The molecule has 0 bridgehead atoms. The Bertz CT molecular complexity index is 1130. The maximum atomic E-state index is 12.9. The van der Waals surface area contributed by atoms with Gasteiger partial charge < -0.3 is 10.1 Å². The molecule has 0 aliphatic rings. The van der Waals surface area contributed by atoms with Gasteiger partial charge in [0, 0.05) is 24.2 Å². The first kappa shape index (κ1) is 21.3. The number of nitrogens with zero attached hydrogens (tertiary/aromatic N) is 1. The maximum Gasteiger partial charge on any atom is 0.248 e. The lowest BCUT2D eigenvalue weighted by atomic mass is 10.2. The van der Waals surface area contributed by atoms with Crippen molar-refractivity contribution in [2.45, 2.75) is 23.1 Å². The molecule has 0 spiro atoms. The van der Waals surface area contributed by atoms with Gasteiger partial charge in [-0.2, -0.15) is 0 Å². The van der Waals surface area contributed by atoms with Gasteiger partial charge >= 0.3 is 0 Å². The van der Waals surface area contributed by atoms with Gasteiger partial charge in [-0.15, -0.1) is 0 Å². The van der Waals surface area contributed by atoms with Gasteiger partial charge in [0.2, 0.25) is 15.7 Å². The molecule has 154 valence electrons. The van der Waals surface area contributed by atoms with Crippen molar-refractivity contribution in [1.82, 2.24) is 4.98 Å². The van der Waals surface area contributed by atoms with Gasteiger partial charge in [0.25, 0.3) is 0 Å². The zero-order valence-corrected chi connectivity index (χ0v) is 17.3. The number of amides is 1. The van der Waals surface area contributed by atoms with Crippen molar-refractivity contribution < 1.29 is 17.9 Å². The van der Waals surface area contributed by atoms with Crippen LogP contribution in [0.15, 0.2) is 88.9 Å². The number of rotatable bonds is 8. The van der Waals surface area contributed by atoms with Gasteiger partial charge in [-0.05, 0) is 66.6 Å². The Labute approximate surface area is 176 Å². The summed E-state index contributed by atoms with van der Waals surface area (Å²) in [5.41, 5.74) is 1.30. The van der Waals surface area contributed by atoms with E-state index in [1.54, 1.807) is 48.8 Å². The zero-order valence-electron chi connectivity index (χ0n) is 16.5. The van der Waals surface area contributed by atoms with E-state index < -0.39 is 9.84 Å². The third-order valence-corrected chi connectivity index (χ3v) is 5.90. The van der Waals surface area contributed by atoms with Crippen LogP contribution in [0.1, 0.15) is 18.9 Å². The van der Waals surface area contributed by atoms with Crippen LogP contribution in [0.4, 0.5) is 5.69 Å². The number of benzene rings is 2. The second kappa shape index (κ2) is 9.84. The molecule has 0 atom stereocenters. The molecule has 0 aliphatic heterocycles. The minimum Gasteiger partial charge on any atom is -0.494 e. The van der Waals surface area contributed by atoms with Crippen molar-refractivity contribution >= 4 is 27.5 Å². The van der Waals surface area contributed by atoms with Gasteiger partial charge in [-0.3, -0.25) is 9.78 Å². The van der Waals surface area contributed by atoms with Crippen molar-refractivity contribution in [1.29, 1.82) is 0 Å². The van der Waals surface area contributed by atoms with E-state index in [1.807, 2.05) is 13.0 Å². The third-order valence-electron chi connectivity index (χ3n) is 4.13. The van der Waals surface area contributed by atoms with E-state index in [1.165, 1.54) is 30.3 Å². The fourth-order valence-corrected chi connectivity index (χ4v) is 3.93. The van der Waals surface area contributed by atoms with Gasteiger partial charge in [0.1, 0.15) is 5.75 Å². The molecule has 1 aromatic heterocycles. The molecular formula is C23H22N2O4S. The third kappa shape index (κ3) is 5.55. The lowest BCUT2D eigenvalue weighted by molar-refractivity contribution is -0.111. The summed E-state index contributed by atoms with van der Waals surface area (Å²) >= 11 is 0. The van der Waals surface area contributed by atoms with Crippen LogP contribution >= 0.6 is 0 Å². The molecular weight excluding hydrogens is 400 g/mol. The molecule has 0 unspecified atom stereocenters. The number of nitrogens with one attached hydrogen (secondary N) is 1. The van der Waals surface area contributed by atoms with Crippen LogP contribution in [0.25, 0.3) is 6.08 Å². The smallest absolute Gasteiger partial charge is 0.248 e. The summed E-state index contributed by atoms with van der Waals surface area (Å²) in [6.07, 6.45) is 7.17. The summed E-state index contributed by atoms with van der Waals surface area (Å²) < 4.78 is 31.3. The summed E-state index contributed by atoms with van der Waals surface area (Å²) in [5, 5.41) is 2.70. The quantitative estimate of drug-likeness (QED) is 0.545. The molecule has 1 heterocycles. The van der Waals surface area contributed by atoms with Crippen molar-refractivity contribution in [2.24, 2.45) is 0 Å². The summed E-state index contributed by atoms with van der Waals surface area (Å²) in [4.78, 5) is 16.3. The summed E-state index contributed by atoms with van der Waals surface area (Å²) in [6, 6.07) is 16.1. The average Bonchev–Trinajstić information content (AvgIpc) is 2.77. The number of sulfone groups is 1. The first-order valence-electron chi connectivity index (χ1n) is 9.46. The van der Waals surface area contributed by atoms with Crippen LogP contribution in [0, 0.1) is 0 Å². The number of anilines is 1. The molecule has 3 rings (SSSR count). The van der Waals surface area contributed by atoms with Crippen LogP contribution in [0.3, 0.4) is 0 Å². The summed E-state index contributed by atoms with van der Waals surface area (Å²) in [6.45, 7) is 2.50. The fourth-order valence-electron chi connectivity index (χ4n) is 2.63. The summed E-state index contributed by atoms with van der Waals surface area (Å²) in [7, 11) is -3.69. The number of carbonyl (C=O) groups is 1. The second-order valence-electron chi connectivity index (χ2n) is 6.46. The Balaban J connectivity index is 1.70. The van der Waals surface area contributed by atoms with Gasteiger partial charge in [0.05, 0.1) is 16.4 Å². The highest BCUT2D eigenvalue weighted by atomic mass is 32.2. The Hall–Kier alpha value is -3.45. The first-order chi connectivity index (χ1) is 14.5. The van der Waals surface area contributed by atoms with Crippen LogP contribution in [0.5, 0.6) is 5.75 Å². The topological polar surface area (TPSA) is 85.4 Å². The number of pyridine rings is 1. The first-order valence-corrected chi connectivity index (χ1v) is 10.9. The molecule has 0 fully saturated rings. The number of carbonyl (C=O) groups excluding carboxylic acids is 1. The van der Waals surface area contributed by atoms with E-state index in [0.29, 0.717) is 18.0 Å². The van der Waals surface area contributed by atoms with Gasteiger partial charge in [-0.25, -0.2) is 8.42 Å². The lowest BCUT2D eigenvalue weighted by Gasteiger charge is -2.09. The van der Waals surface area contributed by atoms with E-state index in [9.17, 15) is 13.2 Å². The maximum absolute atomic E-state index is 12.9. The predicted octanol–water partition coefficient (Wildman–Crippen LogP) is 4.36. The molecule has 2 aromatic carbocycles. The van der Waals surface area contributed by atoms with Crippen molar-refractivity contribution in [3.8, 4) is 5.75 Å². The Kier molecular flexibility index (Phi) is 6.98. The van der Waals surface area contributed by atoms with Gasteiger partial charge in [0.15, 0.2) is 0 Å². The van der Waals surface area contributed by atoms with E-state index in [2.05, 4.69) is 10.3 Å². The van der Waals surface area contributed by atoms with Crippen molar-refractivity contribution in [3.63, 3.8) is 0 Å². The Morgan fingerprint density at radius 2 is 1.87 bits per heavy atom. The number of hydrogen-bond donors (Lipinski definition) is 1. The number of aromatic nitrogens is 1. The van der Waals surface area contributed by atoms with Gasteiger partial charge in [-0.1, -0.05) is 19.1 Å². The Morgan fingerprint density at radius 3 is 2.57 bits per heavy atom. The molecule has 7 heteroatoms. The highest BCUT2D eigenvalue weighted by molar-refractivity contribution is 7.91. The van der Waals surface area contributed by atoms with Crippen LogP contribution < -0.4 is 10.1 Å². The molecule has 3 aromatic rings. The molecule has 1 N–H and O–H groups in total. The Morgan fingerprint density at radius 1 is 1.07 bits per heavy atom. The highest BCUT2D eigenvalue weighted by Crippen LogP contribution is 2.25. The van der Waals surface area contributed by atoms with E-state index in [0.717, 1.165) is 12.0 Å². The molecule has 1 amide bonds. The second-order valence-corrected chi connectivity index (χ2v) is 8.41. The molecule has 6 nitrogen and oxygen atoms in total. The number of hydrogen-bond acceptors (Lipinski definition) is 5. The molecule has 0 saturated heterocycles. The average molecular weight is 423 g/mol. The van der Waals surface area contributed by atoms with Crippen LogP contribution in [0.2, 0.25) is 0 Å². The predicted molar refractivity (Wildman–Crippen MR) is 116 cm³/mol. The largest absolute Gasteiger partial charge is 0.494 e.